The summed E-state index contributed by atoms with van der Waals surface area (Å²) in [6.45, 7) is -1.37. The zero-order chi connectivity index (χ0) is 10.7. The van der Waals surface area contributed by atoms with Gasteiger partial charge < -0.3 is 4.74 Å². The van der Waals surface area contributed by atoms with Crippen molar-refractivity contribution in [2.24, 2.45) is 0 Å². The number of hydrogen-bond donors (Lipinski definition) is 0. The van der Waals surface area contributed by atoms with Crippen LogP contribution in [0.2, 0.25) is 5.02 Å². The Morgan fingerprint density at radius 3 is 2.64 bits per heavy atom. The van der Waals surface area contributed by atoms with Gasteiger partial charge in [-0.25, -0.2) is 0 Å². The predicted octanol–water partition coefficient (Wildman–Crippen LogP) is 3.06. The summed E-state index contributed by atoms with van der Waals surface area (Å²) in [4.78, 5) is 10.6. The molecule has 0 fully saturated rings. The summed E-state index contributed by atoms with van der Waals surface area (Å²) in [5.74, 6) is -0.194. The van der Waals surface area contributed by atoms with Crippen molar-refractivity contribution in [3.05, 3.63) is 28.3 Å². The quantitative estimate of drug-likeness (QED) is 0.732. The SMILES string of the molecule is Cc1cc(Cl)cc(OC(F)F)c1C=O. The molecule has 0 atom stereocenters. The highest BCUT2D eigenvalue weighted by Gasteiger charge is 2.12. The second kappa shape index (κ2) is 4.37. The van der Waals surface area contributed by atoms with Crippen LogP contribution < -0.4 is 4.74 Å². The molecule has 0 amide bonds. The number of benzene rings is 1. The van der Waals surface area contributed by atoms with Gasteiger partial charge >= 0.3 is 6.61 Å². The molecule has 0 aliphatic rings. The van der Waals surface area contributed by atoms with E-state index in [1.807, 2.05) is 0 Å². The predicted molar refractivity (Wildman–Crippen MR) is 48.2 cm³/mol. The molecule has 0 aromatic heterocycles. The van der Waals surface area contributed by atoms with Crippen molar-refractivity contribution in [2.75, 3.05) is 0 Å². The molecule has 0 aliphatic heterocycles. The summed E-state index contributed by atoms with van der Waals surface area (Å²) >= 11 is 5.62. The molecule has 0 saturated heterocycles. The second-order valence-electron chi connectivity index (χ2n) is 2.63. The van der Waals surface area contributed by atoms with Gasteiger partial charge in [-0.15, -0.1) is 0 Å². The van der Waals surface area contributed by atoms with Crippen LogP contribution in [0.15, 0.2) is 12.1 Å². The number of hydrogen-bond acceptors (Lipinski definition) is 2. The number of rotatable bonds is 3. The van der Waals surface area contributed by atoms with Gasteiger partial charge in [-0.05, 0) is 24.6 Å². The number of alkyl halides is 2. The summed E-state index contributed by atoms with van der Waals surface area (Å²) in [7, 11) is 0. The summed E-state index contributed by atoms with van der Waals surface area (Å²) in [6.07, 6.45) is 0.462. The van der Waals surface area contributed by atoms with Crippen LogP contribution in [-0.2, 0) is 0 Å². The Morgan fingerprint density at radius 1 is 1.50 bits per heavy atom. The van der Waals surface area contributed by atoms with Crippen molar-refractivity contribution < 1.29 is 18.3 Å². The largest absolute Gasteiger partial charge is 0.434 e. The maximum absolute atomic E-state index is 11.9. The molecule has 0 heterocycles. The third-order valence-electron chi connectivity index (χ3n) is 1.65. The molecule has 76 valence electrons. The third-order valence-corrected chi connectivity index (χ3v) is 1.87. The molecular weight excluding hydrogens is 214 g/mol. The van der Waals surface area contributed by atoms with E-state index in [1.54, 1.807) is 6.92 Å². The number of carbonyl (C=O) groups is 1. The lowest BCUT2D eigenvalue weighted by molar-refractivity contribution is -0.0500. The Labute approximate surface area is 84.4 Å². The van der Waals surface area contributed by atoms with Crippen LogP contribution in [0.3, 0.4) is 0 Å². The summed E-state index contributed by atoms with van der Waals surface area (Å²) < 4.78 is 28.0. The van der Waals surface area contributed by atoms with Gasteiger partial charge in [0.05, 0.1) is 5.56 Å². The number of ether oxygens (including phenoxy) is 1. The number of aldehydes is 1. The van der Waals surface area contributed by atoms with Crippen molar-refractivity contribution in [3.63, 3.8) is 0 Å². The van der Waals surface area contributed by atoms with Crippen LogP contribution in [0.25, 0.3) is 0 Å². The fourth-order valence-electron chi connectivity index (χ4n) is 1.07. The zero-order valence-electron chi connectivity index (χ0n) is 7.26. The van der Waals surface area contributed by atoms with Gasteiger partial charge in [0.1, 0.15) is 5.75 Å². The van der Waals surface area contributed by atoms with E-state index in [4.69, 9.17) is 11.6 Å². The van der Waals surface area contributed by atoms with E-state index >= 15 is 0 Å². The molecule has 0 radical (unpaired) electrons. The van der Waals surface area contributed by atoms with Crippen molar-refractivity contribution >= 4 is 17.9 Å². The number of aryl methyl sites for hydroxylation is 1. The van der Waals surface area contributed by atoms with Crippen LogP contribution in [0.1, 0.15) is 15.9 Å². The fourth-order valence-corrected chi connectivity index (χ4v) is 1.33. The van der Waals surface area contributed by atoms with E-state index in [-0.39, 0.29) is 16.3 Å². The summed E-state index contributed by atoms with van der Waals surface area (Å²) in [6, 6.07) is 2.69. The van der Waals surface area contributed by atoms with Crippen LogP contribution in [0.5, 0.6) is 5.75 Å². The van der Waals surface area contributed by atoms with Crippen molar-refractivity contribution in [3.8, 4) is 5.75 Å². The molecule has 0 aliphatic carbocycles. The van der Waals surface area contributed by atoms with Gasteiger partial charge in [0.2, 0.25) is 0 Å². The molecule has 0 spiro atoms. The molecular formula is C9H7ClF2O2. The normalized spacial score (nSPS) is 10.4. The minimum absolute atomic E-state index is 0.0923. The Morgan fingerprint density at radius 2 is 2.14 bits per heavy atom. The first kappa shape index (κ1) is 10.9. The molecule has 5 heteroatoms. The lowest BCUT2D eigenvalue weighted by Crippen LogP contribution is -2.05. The van der Waals surface area contributed by atoms with Crippen molar-refractivity contribution in [1.82, 2.24) is 0 Å². The highest BCUT2D eigenvalue weighted by Crippen LogP contribution is 2.26. The van der Waals surface area contributed by atoms with Gasteiger partial charge in [0, 0.05) is 5.02 Å². The Hall–Kier alpha value is -1.16. The average Bonchev–Trinajstić information content (AvgIpc) is 2.01. The topological polar surface area (TPSA) is 26.3 Å². The zero-order valence-corrected chi connectivity index (χ0v) is 8.02. The molecule has 1 aromatic carbocycles. The maximum Gasteiger partial charge on any atom is 0.387 e. The van der Waals surface area contributed by atoms with E-state index < -0.39 is 6.61 Å². The van der Waals surface area contributed by atoms with Gasteiger partial charge in [-0.1, -0.05) is 11.6 Å². The highest BCUT2D eigenvalue weighted by molar-refractivity contribution is 6.30. The monoisotopic (exact) mass is 220 g/mol. The van der Waals surface area contributed by atoms with Crippen LogP contribution >= 0.6 is 11.6 Å². The Bertz CT molecular complexity index is 353. The first-order valence-corrected chi connectivity index (χ1v) is 4.12. The lowest BCUT2D eigenvalue weighted by Gasteiger charge is -2.09. The van der Waals surface area contributed by atoms with E-state index in [0.717, 1.165) is 0 Å². The van der Waals surface area contributed by atoms with Gasteiger partial charge in [-0.2, -0.15) is 8.78 Å². The average molecular weight is 221 g/mol. The molecule has 2 nitrogen and oxygen atoms in total. The third kappa shape index (κ3) is 2.42. The molecule has 1 rings (SSSR count). The standard InChI is InChI=1S/C9H7ClF2O2/c1-5-2-6(10)3-8(7(5)4-13)14-9(11)12/h2-4,9H,1H3. The Balaban J connectivity index is 3.17. The molecule has 14 heavy (non-hydrogen) atoms. The van der Waals surface area contributed by atoms with Gasteiger partial charge in [0.25, 0.3) is 0 Å². The molecule has 1 aromatic rings. The summed E-state index contributed by atoms with van der Waals surface area (Å²) in [5, 5.41) is 0.253. The molecule has 0 N–H and O–H groups in total. The smallest absolute Gasteiger partial charge is 0.387 e. The van der Waals surface area contributed by atoms with Crippen LogP contribution in [0.4, 0.5) is 8.78 Å². The second-order valence-corrected chi connectivity index (χ2v) is 3.07. The lowest BCUT2D eigenvalue weighted by atomic mass is 10.1. The van der Waals surface area contributed by atoms with Crippen molar-refractivity contribution in [2.45, 2.75) is 13.5 Å². The molecule has 0 bridgehead atoms. The Kier molecular flexibility index (Phi) is 3.41. The first-order chi connectivity index (χ1) is 6.54. The van der Waals surface area contributed by atoms with Gasteiger partial charge in [0.15, 0.2) is 6.29 Å². The van der Waals surface area contributed by atoms with E-state index in [9.17, 15) is 13.6 Å². The maximum atomic E-state index is 11.9. The van der Waals surface area contributed by atoms with E-state index in [2.05, 4.69) is 4.74 Å². The number of halogens is 3. The molecule has 0 unspecified atom stereocenters. The van der Waals surface area contributed by atoms with E-state index in [1.165, 1.54) is 12.1 Å². The van der Waals surface area contributed by atoms with Crippen LogP contribution in [0, 0.1) is 6.92 Å². The van der Waals surface area contributed by atoms with E-state index in [0.29, 0.717) is 11.8 Å². The van der Waals surface area contributed by atoms with Gasteiger partial charge in [-0.3, -0.25) is 4.79 Å². The van der Waals surface area contributed by atoms with Crippen molar-refractivity contribution in [1.29, 1.82) is 0 Å². The molecule has 0 saturated carbocycles. The number of carbonyl (C=O) groups excluding carboxylic acids is 1. The minimum atomic E-state index is -2.97. The summed E-state index contributed by atoms with van der Waals surface area (Å²) in [5.41, 5.74) is 0.595. The first-order valence-electron chi connectivity index (χ1n) is 3.74. The minimum Gasteiger partial charge on any atom is -0.434 e. The fraction of sp³-hybridized carbons (Fsp3) is 0.222. The highest BCUT2D eigenvalue weighted by atomic mass is 35.5. The van der Waals surface area contributed by atoms with Crippen LogP contribution in [-0.4, -0.2) is 12.9 Å².